The fourth-order valence-electron chi connectivity index (χ4n) is 1.12. The van der Waals surface area contributed by atoms with Gasteiger partial charge in [0, 0.05) is 19.0 Å². The van der Waals surface area contributed by atoms with E-state index in [-0.39, 0.29) is 0 Å². The molecule has 1 heterocycles. The standard InChI is InChI=1S/C11H15N3O/c1-4-6-7-12-10-8-11(15-5-2)14-9(3)13-10/h1,8H,5-7H2,2-3H3,(H,12,13,14). The van der Waals surface area contributed by atoms with Gasteiger partial charge >= 0.3 is 0 Å². The molecular formula is C11H15N3O. The topological polar surface area (TPSA) is 47.0 Å². The molecule has 4 nitrogen and oxygen atoms in total. The maximum Gasteiger partial charge on any atom is 0.218 e. The highest BCUT2D eigenvalue weighted by molar-refractivity contribution is 5.38. The van der Waals surface area contributed by atoms with Gasteiger partial charge in [-0.1, -0.05) is 0 Å². The van der Waals surface area contributed by atoms with Crippen molar-refractivity contribution in [2.75, 3.05) is 18.5 Å². The van der Waals surface area contributed by atoms with E-state index in [0.717, 1.165) is 5.82 Å². The molecule has 15 heavy (non-hydrogen) atoms. The Morgan fingerprint density at radius 3 is 3.00 bits per heavy atom. The van der Waals surface area contributed by atoms with Crippen molar-refractivity contribution in [3.63, 3.8) is 0 Å². The molecule has 80 valence electrons. The Morgan fingerprint density at radius 1 is 1.53 bits per heavy atom. The highest BCUT2D eigenvalue weighted by Gasteiger charge is 2.01. The van der Waals surface area contributed by atoms with Crippen molar-refractivity contribution in [3.8, 4) is 18.2 Å². The summed E-state index contributed by atoms with van der Waals surface area (Å²) in [5.74, 6) is 4.58. The van der Waals surface area contributed by atoms with Crippen LogP contribution in [0.2, 0.25) is 0 Å². The number of aromatic nitrogens is 2. The molecule has 0 saturated carbocycles. The predicted octanol–water partition coefficient (Wildman–Crippen LogP) is 1.62. The number of terminal acetylenes is 1. The molecule has 1 aromatic heterocycles. The summed E-state index contributed by atoms with van der Waals surface area (Å²) in [6.07, 6.45) is 5.83. The molecule has 0 atom stereocenters. The number of nitrogens with zero attached hydrogens (tertiary/aromatic N) is 2. The van der Waals surface area contributed by atoms with Crippen LogP contribution in [0.15, 0.2) is 6.07 Å². The first-order valence-electron chi connectivity index (χ1n) is 4.92. The molecule has 0 aliphatic carbocycles. The van der Waals surface area contributed by atoms with Crippen LogP contribution in [0.25, 0.3) is 0 Å². The normalized spacial score (nSPS) is 9.40. The van der Waals surface area contributed by atoms with Crippen molar-refractivity contribution < 1.29 is 4.74 Å². The largest absolute Gasteiger partial charge is 0.478 e. The lowest BCUT2D eigenvalue weighted by Crippen LogP contribution is -2.05. The minimum Gasteiger partial charge on any atom is -0.478 e. The van der Waals surface area contributed by atoms with Crippen LogP contribution < -0.4 is 10.1 Å². The SMILES string of the molecule is C#CCCNc1cc(OCC)nc(C)n1. The molecule has 0 radical (unpaired) electrons. The molecule has 0 bridgehead atoms. The third kappa shape index (κ3) is 3.86. The van der Waals surface area contributed by atoms with Crippen molar-refractivity contribution in [3.05, 3.63) is 11.9 Å². The summed E-state index contributed by atoms with van der Waals surface area (Å²) in [5.41, 5.74) is 0. The van der Waals surface area contributed by atoms with E-state index in [0.29, 0.717) is 31.3 Å². The number of ether oxygens (including phenoxy) is 1. The van der Waals surface area contributed by atoms with Crippen LogP contribution in [0, 0.1) is 19.3 Å². The summed E-state index contributed by atoms with van der Waals surface area (Å²) >= 11 is 0. The van der Waals surface area contributed by atoms with Gasteiger partial charge in [-0.2, -0.15) is 4.98 Å². The number of nitrogens with one attached hydrogen (secondary N) is 1. The van der Waals surface area contributed by atoms with Gasteiger partial charge in [0.2, 0.25) is 5.88 Å². The molecular weight excluding hydrogens is 190 g/mol. The van der Waals surface area contributed by atoms with Gasteiger partial charge in [-0.15, -0.1) is 12.3 Å². The number of hydrogen-bond donors (Lipinski definition) is 1. The minimum absolute atomic E-state index is 0.591. The van der Waals surface area contributed by atoms with E-state index in [2.05, 4.69) is 21.2 Å². The second-order valence-electron chi connectivity index (χ2n) is 2.95. The fraction of sp³-hybridized carbons (Fsp3) is 0.455. The molecule has 1 N–H and O–H groups in total. The molecule has 0 fully saturated rings. The summed E-state index contributed by atoms with van der Waals surface area (Å²) in [6.45, 7) is 5.05. The van der Waals surface area contributed by atoms with Gasteiger partial charge in [0.05, 0.1) is 6.61 Å². The third-order valence-electron chi connectivity index (χ3n) is 1.68. The molecule has 0 aliphatic heterocycles. The van der Waals surface area contributed by atoms with Gasteiger partial charge in [-0.3, -0.25) is 0 Å². The van der Waals surface area contributed by atoms with Gasteiger partial charge in [-0.25, -0.2) is 4.98 Å². The van der Waals surface area contributed by atoms with Crippen LogP contribution in [-0.2, 0) is 0 Å². The molecule has 0 aliphatic rings. The molecule has 0 saturated heterocycles. The van der Waals surface area contributed by atoms with Crippen LogP contribution >= 0.6 is 0 Å². The third-order valence-corrected chi connectivity index (χ3v) is 1.68. The molecule has 4 heteroatoms. The van der Waals surface area contributed by atoms with Crippen molar-refractivity contribution in [1.29, 1.82) is 0 Å². The van der Waals surface area contributed by atoms with Crippen LogP contribution in [-0.4, -0.2) is 23.1 Å². The van der Waals surface area contributed by atoms with Crippen molar-refractivity contribution in [2.24, 2.45) is 0 Å². The maximum atomic E-state index is 5.30. The second-order valence-corrected chi connectivity index (χ2v) is 2.95. The average Bonchev–Trinajstić information content (AvgIpc) is 2.18. The average molecular weight is 205 g/mol. The van der Waals surface area contributed by atoms with E-state index >= 15 is 0 Å². The summed E-state index contributed by atoms with van der Waals surface area (Å²) < 4.78 is 5.30. The summed E-state index contributed by atoms with van der Waals surface area (Å²) in [5, 5.41) is 3.11. The first kappa shape index (κ1) is 11.3. The molecule has 0 unspecified atom stereocenters. The Hall–Kier alpha value is -1.76. The van der Waals surface area contributed by atoms with E-state index in [1.54, 1.807) is 6.07 Å². The van der Waals surface area contributed by atoms with Crippen LogP contribution in [0.1, 0.15) is 19.2 Å². The summed E-state index contributed by atoms with van der Waals surface area (Å²) in [4.78, 5) is 8.36. The lowest BCUT2D eigenvalue weighted by atomic mass is 10.4. The summed E-state index contributed by atoms with van der Waals surface area (Å²) in [7, 11) is 0. The second kappa shape index (κ2) is 5.86. The number of anilines is 1. The van der Waals surface area contributed by atoms with Gasteiger partial charge in [0.1, 0.15) is 11.6 Å². The molecule has 0 amide bonds. The first-order valence-corrected chi connectivity index (χ1v) is 4.92. The van der Waals surface area contributed by atoms with Gasteiger partial charge in [0.25, 0.3) is 0 Å². The van der Waals surface area contributed by atoms with Gasteiger partial charge in [-0.05, 0) is 13.8 Å². The Morgan fingerprint density at radius 2 is 2.33 bits per heavy atom. The Bertz CT molecular complexity index is 357. The zero-order chi connectivity index (χ0) is 11.1. The van der Waals surface area contributed by atoms with Crippen molar-refractivity contribution in [2.45, 2.75) is 20.3 Å². The van der Waals surface area contributed by atoms with E-state index in [1.807, 2.05) is 13.8 Å². The van der Waals surface area contributed by atoms with E-state index < -0.39 is 0 Å². The predicted molar refractivity (Wildman–Crippen MR) is 59.9 cm³/mol. The smallest absolute Gasteiger partial charge is 0.218 e. The van der Waals surface area contributed by atoms with Gasteiger partial charge in [0.15, 0.2) is 0 Å². The van der Waals surface area contributed by atoms with Crippen LogP contribution in [0.3, 0.4) is 0 Å². The highest BCUT2D eigenvalue weighted by Crippen LogP contribution is 2.12. The van der Waals surface area contributed by atoms with Crippen LogP contribution in [0.4, 0.5) is 5.82 Å². The minimum atomic E-state index is 0.591. The zero-order valence-corrected chi connectivity index (χ0v) is 9.08. The monoisotopic (exact) mass is 205 g/mol. The Balaban J connectivity index is 2.67. The number of rotatable bonds is 5. The van der Waals surface area contributed by atoms with Crippen LogP contribution in [0.5, 0.6) is 5.88 Å². The Kier molecular flexibility index (Phi) is 4.42. The highest BCUT2D eigenvalue weighted by atomic mass is 16.5. The fourth-order valence-corrected chi connectivity index (χ4v) is 1.12. The Labute approximate surface area is 90.1 Å². The maximum absolute atomic E-state index is 5.30. The lowest BCUT2D eigenvalue weighted by molar-refractivity contribution is 0.325. The molecule has 1 rings (SSSR count). The molecule has 1 aromatic rings. The van der Waals surface area contributed by atoms with E-state index in [9.17, 15) is 0 Å². The van der Waals surface area contributed by atoms with Gasteiger partial charge < -0.3 is 10.1 Å². The lowest BCUT2D eigenvalue weighted by Gasteiger charge is -2.07. The molecule has 0 spiro atoms. The molecule has 0 aromatic carbocycles. The quantitative estimate of drug-likeness (QED) is 0.586. The van der Waals surface area contributed by atoms with Crippen molar-refractivity contribution >= 4 is 5.82 Å². The van der Waals surface area contributed by atoms with E-state index in [4.69, 9.17) is 11.2 Å². The summed E-state index contributed by atoms with van der Waals surface area (Å²) in [6, 6.07) is 1.77. The van der Waals surface area contributed by atoms with Crippen molar-refractivity contribution in [1.82, 2.24) is 9.97 Å². The number of hydrogen-bond acceptors (Lipinski definition) is 4. The number of aryl methyl sites for hydroxylation is 1. The van der Waals surface area contributed by atoms with E-state index in [1.165, 1.54) is 0 Å². The first-order chi connectivity index (χ1) is 7.26. The zero-order valence-electron chi connectivity index (χ0n) is 9.08.